The molecule has 2 heteroatoms. The Morgan fingerprint density at radius 2 is 1.88 bits per heavy atom. The van der Waals surface area contributed by atoms with E-state index in [1.807, 2.05) is 32.0 Å². The molecule has 0 bridgehead atoms. The molecule has 16 heavy (non-hydrogen) atoms. The fourth-order valence-corrected chi connectivity index (χ4v) is 1.94. The van der Waals surface area contributed by atoms with Gasteiger partial charge in [-0.15, -0.1) is 0 Å². The van der Waals surface area contributed by atoms with Crippen molar-refractivity contribution >= 4 is 10.8 Å². The van der Waals surface area contributed by atoms with Gasteiger partial charge in [-0.1, -0.05) is 24.3 Å². The predicted octanol–water partition coefficient (Wildman–Crippen LogP) is 3.04. The van der Waals surface area contributed by atoms with Gasteiger partial charge in [-0.2, -0.15) is 0 Å². The van der Waals surface area contributed by atoms with Gasteiger partial charge in [0.25, 0.3) is 0 Å². The summed E-state index contributed by atoms with van der Waals surface area (Å²) in [7, 11) is 1.68. The molecule has 0 fully saturated rings. The van der Waals surface area contributed by atoms with Crippen LogP contribution >= 0.6 is 0 Å². The number of nitrogens with two attached hydrogens (primary N) is 1. The van der Waals surface area contributed by atoms with Crippen molar-refractivity contribution in [2.24, 2.45) is 5.73 Å². The molecule has 0 saturated carbocycles. The fourth-order valence-electron chi connectivity index (χ4n) is 1.94. The van der Waals surface area contributed by atoms with Crippen LogP contribution in [0.5, 0.6) is 5.75 Å². The molecule has 0 aliphatic rings. The molecule has 0 saturated heterocycles. The molecule has 0 spiro atoms. The molecule has 2 rings (SSSR count). The van der Waals surface area contributed by atoms with Crippen molar-refractivity contribution in [1.82, 2.24) is 0 Å². The van der Waals surface area contributed by atoms with Gasteiger partial charge in [0.15, 0.2) is 0 Å². The predicted molar refractivity (Wildman–Crippen MR) is 67.7 cm³/mol. The standard InChI is InChI=1S/C14H17NO/c1-14(2,15)13-6-4-5-10-7-8-11(16-3)9-12(10)13/h4-9H,15H2,1-3H3. The molecule has 0 radical (unpaired) electrons. The number of benzene rings is 2. The van der Waals surface area contributed by atoms with E-state index < -0.39 is 0 Å². The Labute approximate surface area is 96.0 Å². The molecule has 2 aromatic carbocycles. The summed E-state index contributed by atoms with van der Waals surface area (Å²) in [5.41, 5.74) is 6.97. The van der Waals surface area contributed by atoms with E-state index in [4.69, 9.17) is 10.5 Å². The lowest BCUT2D eigenvalue weighted by atomic mass is 9.90. The highest BCUT2D eigenvalue weighted by molar-refractivity contribution is 5.87. The van der Waals surface area contributed by atoms with Crippen LogP contribution in [0.25, 0.3) is 10.8 Å². The van der Waals surface area contributed by atoms with Crippen molar-refractivity contribution < 1.29 is 4.74 Å². The highest BCUT2D eigenvalue weighted by Crippen LogP contribution is 2.29. The maximum absolute atomic E-state index is 6.17. The van der Waals surface area contributed by atoms with Crippen LogP contribution in [0.1, 0.15) is 19.4 Å². The largest absolute Gasteiger partial charge is 0.497 e. The van der Waals surface area contributed by atoms with Crippen LogP contribution in [0, 0.1) is 0 Å². The number of rotatable bonds is 2. The normalized spacial score (nSPS) is 11.8. The number of methoxy groups -OCH3 is 1. The van der Waals surface area contributed by atoms with Crippen LogP contribution in [-0.4, -0.2) is 7.11 Å². The minimum atomic E-state index is -0.341. The van der Waals surface area contributed by atoms with Gasteiger partial charge >= 0.3 is 0 Å². The van der Waals surface area contributed by atoms with E-state index in [1.165, 1.54) is 5.39 Å². The molecule has 2 N–H and O–H groups in total. The highest BCUT2D eigenvalue weighted by atomic mass is 16.5. The zero-order valence-corrected chi connectivity index (χ0v) is 9.95. The Kier molecular flexibility index (Phi) is 2.60. The summed E-state index contributed by atoms with van der Waals surface area (Å²) in [6.07, 6.45) is 0. The van der Waals surface area contributed by atoms with Crippen LogP contribution in [-0.2, 0) is 5.54 Å². The van der Waals surface area contributed by atoms with Crippen LogP contribution in [0.3, 0.4) is 0 Å². The molecule has 2 aromatic rings. The summed E-state index contributed by atoms with van der Waals surface area (Å²) in [5.74, 6) is 0.865. The molecular formula is C14H17NO. The quantitative estimate of drug-likeness (QED) is 0.835. The second-order valence-electron chi connectivity index (χ2n) is 4.61. The summed E-state index contributed by atoms with van der Waals surface area (Å²) in [6.45, 7) is 4.03. The first-order chi connectivity index (χ1) is 7.52. The van der Waals surface area contributed by atoms with Crippen molar-refractivity contribution in [3.8, 4) is 5.75 Å². The molecule has 2 nitrogen and oxygen atoms in total. The van der Waals surface area contributed by atoms with E-state index in [-0.39, 0.29) is 5.54 Å². The average Bonchev–Trinajstić information content (AvgIpc) is 2.26. The monoisotopic (exact) mass is 215 g/mol. The van der Waals surface area contributed by atoms with Crippen molar-refractivity contribution in [2.75, 3.05) is 7.11 Å². The van der Waals surface area contributed by atoms with Gasteiger partial charge < -0.3 is 10.5 Å². The van der Waals surface area contributed by atoms with Gasteiger partial charge in [0.1, 0.15) is 5.75 Å². The van der Waals surface area contributed by atoms with Crippen molar-refractivity contribution in [1.29, 1.82) is 0 Å². The minimum Gasteiger partial charge on any atom is -0.497 e. The lowest BCUT2D eigenvalue weighted by molar-refractivity contribution is 0.415. The van der Waals surface area contributed by atoms with E-state index >= 15 is 0 Å². The summed E-state index contributed by atoms with van der Waals surface area (Å²) in [5, 5.41) is 2.35. The molecule has 0 aromatic heterocycles. The smallest absolute Gasteiger partial charge is 0.119 e. The van der Waals surface area contributed by atoms with E-state index in [1.54, 1.807) is 7.11 Å². The molecule has 0 unspecified atom stereocenters. The van der Waals surface area contributed by atoms with E-state index in [0.29, 0.717) is 0 Å². The molecule has 84 valence electrons. The Balaban J connectivity index is 2.74. The summed E-state index contributed by atoms with van der Waals surface area (Å²) < 4.78 is 5.25. The summed E-state index contributed by atoms with van der Waals surface area (Å²) in [4.78, 5) is 0. The molecule has 0 aliphatic heterocycles. The maximum Gasteiger partial charge on any atom is 0.119 e. The maximum atomic E-state index is 6.17. The minimum absolute atomic E-state index is 0.341. The third-order valence-corrected chi connectivity index (χ3v) is 2.78. The average molecular weight is 215 g/mol. The molecule has 0 atom stereocenters. The molecule has 0 heterocycles. The number of ether oxygens (including phenoxy) is 1. The third-order valence-electron chi connectivity index (χ3n) is 2.78. The van der Waals surface area contributed by atoms with Crippen molar-refractivity contribution in [3.63, 3.8) is 0 Å². The van der Waals surface area contributed by atoms with E-state index in [0.717, 1.165) is 16.7 Å². The molecule has 0 aliphatic carbocycles. The van der Waals surface area contributed by atoms with E-state index in [2.05, 4.69) is 18.2 Å². The summed E-state index contributed by atoms with van der Waals surface area (Å²) in [6, 6.07) is 12.3. The topological polar surface area (TPSA) is 35.2 Å². The second kappa shape index (κ2) is 3.80. The van der Waals surface area contributed by atoms with Crippen LogP contribution < -0.4 is 10.5 Å². The third kappa shape index (κ3) is 1.89. The van der Waals surface area contributed by atoms with Gasteiger partial charge in [0, 0.05) is 5.54 Å². The fraction of sp³-hybridized carbons (Fsp3) is 0.286. The van der Waals surface area contributed by atoms with Gasteiger partial charge in [0.2, 0.25) is 0 Å². The van der Waals surface area contributed by atoms with Gasteiger partial charge in [0.05, 0.1) is 7.11 Å². The van der Waals surface area contributed by atoms with Crippen LogP contribution in [0.2, 0.25) is 0 Å². The lowest BCUT2D eigenvalue weighted by Gasteiger charge is -2.21. The Hall–Kier alpha value is -1.54. The first-order valence-corrected chi connectivity index (χ1v) is 5.38. The zero-order valence-electron chi connectivity index (χ0n) is 9.95. The van der Waals surface area contributed by atoms with E-state index in [9.17, 15) is 0 Å². The lowest BCUT2D eigenvalue weighted by Crippen LogP contribution is -2.28. The molecular weight excluding hydrogens is 198 g/mol. The van der Waals surface area contributed by atoms with Crippen molar-refractivity contribution in [3.05, 3.63) is 42.0 Å². The first kappa shape index (κ1) is 11.0. The molecule has 0 amide bonds. The Morgan fingerprint density at radius 1 is 1.12 bits per heavy atom. The number of fused-ring (bicyclic) bond motifs is 1. The summed E-state index contributed by atoms with van der Waals surface area (Å²) >= 11 is 0. The van der Waals surface area contributed by atoms with Gasteiger partial charge in [-0.3, -0.25) is 0 Å². The van der Waals surface area contributed by atoms with Gasteiger partial charge in [-0.25, -0.2) is 0 Å². The number of hydrogen-bond acceptors (Lipinski definition) is 2. The zero-order chi connectivity index (χ0) is 11.8. The SMILES string of the molecule is COc1ccc2cccc(C(C)(C)N)c2c1. The Morgan fingerprint density at radius 3 is 2.50 bits per heavy atom. The van der Waals surface area contributed by atoms with Gasteiger partial charge in [-0.05, 0) is 42.3 Å². The first-order valence-electron chi connectivity index (χ1n) is 5.38. The highest BCUT2D eigenvalue weighted by Gasteiger charge is 2.16. The van der Waals surface area contributed by atoms with Crippen LogP contribution in [0.15, 0.2) is 36.4 Å². The Bertz CT molecular complexity index is 512. The van der Waals surface area contributed by atoms with Crippen LogP contribution in [0.4, 0.5) is 0 Å². The second-order valence-corrected chi connectivity index (χ2v) is 4.61. The van der Waals surface area contributed by atoms with Crippen molar-refractivity contribution in [2.45, 2.75) is 19.4 Å². The number of hydrogen-bond donors (Lipinski definition) is 1.